The van der Waals surface area contributed by atoms with Crippen LogP contribution in [0.15, 0.2) is 30.3 Å². The van der Waals surface area contributed by atoms with Crippen LogP contribution in [0, 0.1) is 0 Å². The van der Waals surface area contributed by atoms with Crippen molar-refractivity contribution in [2.75, 3.05) is 26.7 Å². The molecule has 1 aliphatic heterocycles. The van der Waals surface area contributed by atoms with Gasteiger partial charge < -0.3 is 10.2 Å². The summed E-state index contributed by atoms with van der Waals surface area (Å²) in [6.45, 7) is 5.77. The molecule has 1 aliphatic rings. The average molecular weight is 246 g/mol. The van der Waals surface area contributed by atoms with E-state index in [9.17, 15) is 0 Å². The van der Waals surface area contributed by atoms with Crippen molar-refractivity contribution in [2.45, 2.75) is 38.1 Å². The van der Waals surface area contributed by atoms with Gasteiger partial charge in [-0.05, 0) is 37.9 Å². The Balaban J connectivity index is 1.71. The second kappa shape index (κ2) is 6.91. The first-order valence-electron chi connectivity index (χ1n) is 7.23. The minimum Gasteiger partial charge on any atom is -0.315 e. The summed E-state index contributed by atoms with van der Waals surface area (Å²) >= 11 is 0. The van der Waals surface area contributed by atoms with E-state index in [1.165, 1.54) is 31.4 Å². The molecular weight excluding hydrogens is 220 g/mol. The minimum absolute atomic E-state index is 0.597. The van der Waals surface area contributed by atoms with Gasteiger partial charge in [-0.3, -0.25) is 0 Å². The molecule has 2 rings (SSSR count). The fourth-order valence-electron chi connectivity index (χ4n) is 2.77. The van der Waals surface area contributed by atoms with Gasteiger partial charge in [0.05, 0.1) is 0 Å². The fraction of sp³-hybridized carbons (Fsp3) is 0.625. The van der Waals surface area contributed by atoms with Gasteiger partial charge in [-0.1, -0.05) is 43.7 Å². The fourth-order valence-corrected chi connectivity index (χ4v) is 2.77. The highest BCUT2D eigenvalue weighted by Crippen LogP contribution is 2.15. The summed E-state index contributed by atoms with van der Waals surface area (Å²) in [7, 11) is 2.26. The van der Waals surface area contributed by atoms with Crippen molar-refractivity contribution in [1.82, 2.24) is 10.2 Å². The standard InChI is InChI=1S/C16H26N2/c1-14(15-8-4-3-5-9-15)12-17-13-16-10-6-7-11-18(16)2/h3-5,8-9,14,16-17H,6-7,10-13H2,1-2H3. The van der Waals surface area contributed by atoms with Crippen LogP contribution < -0.4 is 5.32 Å². The van der Waals surface area contributed by atoms with Gasteiger partial charge in [0.1, 0.15) is 0 Å². The first kappa shape index (κ1) is 13.6. The second-order valence-corrected chi connectivity index (χ2v) is 5.60. The number of piperidine rings is 1. The Hall–Kier alpha value is -0.860. The third-order valence-electron chi connectivity index (χ3n) is 4.12. The molecular formula is C16H26N2. The first-order valence-corrected chi connectivity index (χ1v) is 7.23. The van der Waals surface area contributed by atoms with Crippen LogP contribution >= 0.6 is 0 Å². The van der Waals surface area contributed by atoms with Gasteiger partial charge in [0.2, 0.25) is 0 Å². The maximum atomic E-state index is 3.64. The van der Waals surface area contributed by atoms with Crippen molar-refractivity contribution >= 4 is 0 Å². The Morgan fingerprint density at radius 1 is 1.28 bits per heavy atom. The number of nitrogens with one attached hydrogen (secondary N) is 1. The molecule has 1 heterocycles. The van der Waals surface area contributed by atoms with Crippen molar-refractivity contribution in [3.05, 3.63) is 35.9 Å². The SMILES string of the molecule is CC(CNCC1CCCCN1C)c1ccccc1. The molecule has 100 valence electrons. The first-order chi connectivity index (χ1) is 8.77. The average Bonchev–Trinajstić information content (AvgIpc) is 2.42. The van der Waals surface area contributed by atoms with E-state index >= 15 is 0 Å². The summed E-state index contributed by atoms with van der Waals surface area (Å²) in [5.41, 5.74) is 1.43. The van der Waals surface area contributed by atoms with Crippen molar-refractivity contribution in [3.8, 4) is 0 Å². The largest absolute Gasteiger partial charge is 0.315 e. The van der Waals surface area contributed by atoms with Crippen LogP contribution in [0.5, 0.6) is 0 Å². The van der Waals surface area contributed by atoms with Crippen LogP contribution in [0.3, 0.4) is 0 Å². The van der Waals surface area contributed by atoms with Gasteiger partial charge in [-0.25, -0.2) is 0 Å². The molecule has 0 amide bonds. The predicted octanol–water partition coefficient (Wildman–Crippen LogP) is 2.86. The third kappa shape index (κ3) is 3.82. The highest BCUT2D eigenvalue weighted by atomic mass is 15.2. The smallest absolute Gasteiger partial charge is 0.0217 e. The lowest BCUT2D eigenvalue weighted by atomic mass is 10.0. The zero-order valence-corrected chi connectivity index (χ0v) is 11.7. The van der Waals surface area contributed by atoms with Gasteiger partial charge >= 0.3 is 0 Å². The van der Waals surface area contributed by atoms with Crippen LogP contribution in [-0.2, 0) is 0 Å². The summed E-state index contributed by atoms with van der Waals surface area (Å²) in [4.78, 5) is 2.50. The van der Waals surface area contributed by atoms with Crippen LogP contribution in [0.1, 0.15) is 37.7 Å². The molecule has 2 atom stereocenters. The number of likely N-dealkylation sites (tertiary alicyclic amines) is 1. The van der Waals surface area contributed by atoms with Crippen molar-refractivity contribution in [2.24, 2.45) is 0 Å². The van der Waals surface area contributed by atoms with E-state index in [0.29, 0.717) is 5.92 Å². The monoisotopic (exact) mass is 246 g/mol. The van der Waals surface area contributed by atoms with E-state index in [1.807, 2.05) is 0 Å². The van der Waals surface area contributed by atoms with Gasteiger partial charge in [0.25, 0.3) is 0 Å². The Morgan fingerprint density at radius 3 is 2.78 bits per heavy atom. The number of benzene rings is 1. The molecule has 2 heteroatoms. The van der Waals surface area contributed by atoms with Gasteiger partial charge in [-0.2, -0.15) is 0 Å². The second-order valence-electron chi connectivity index (χ2n) is 5.60. The minimum atomic E-state index is 0.597. The lowest BCUT2D eigenvalue weighted by molar-refractivity contribution is 0.181. The maximum absolute atomic E-state index is 3.64. The van der Waals surface area contributed by atoms with Crippen molar-refractivity contribution in [3.63, 3.8) is 0 Å². The molecule has 0 bridgehead atoms. The molecule has 0 spiro atoms. The lowest BCUT2D eigenvalue weighted by Gasteiger charge is -2.32. The van der Waals surface area contributed by atoms with E-state index < -0.39 is 0 Å². The number of likely N-dealkylation sites (N-methyl/N-ethyl adjacent to an activating group) is 1. The summed E-state index contributed by atoms with van der Waals surface area (Å²) in [5, 5.41) is 3.64. The summed E-state index contributed by atoms with van der Waals surface area (Å²) < 4.78 is 0. The molecule has 2 nitrogen and oxygen atoms in total. The number of hydrogen-bond acceptors (Lipinski definition) is 2. The summed E-state index contributed by atoms with van der Waals surface area (Å²) in [6.07, 6.45) is 4.11. The molecule has 1 fully saturated rings. The number of rotatable bonds is 5. The van der Waals surface area contributed by atoms with Crippen LogP contribution in [0.2, 0.25) is 0 Å². The number of hydrogen-bond donors (Lipinski definition) is 1. The zero-order chi connectivity index (χ0) is 12.8. The Morgan fingerprint density at radius 2 is 2.06 bits per heavy atom. The normalized spacial score (nSPS) is 22.9. The third-order valence-corrected chi connectivity index (χ3v) is 4.12. The van der Waals surface area contributed by atoms with E-state index in [-0.39, 0.29) is 0 Å². The molecule has 1 aromatic carbocycles. The Bertz CT molecular complexity index is 336. The van der Waals surface area contributed by atoms with E-state index in [0.717, 1.165) is 19.1 Å². The van der Waals surface area contributed by atoms with Crippen molar-refractivity contribution < 1.29 is 0 Å². The van der Waals surface area contributed by atoms with Gasteiger partial charge in [0, 0.05) is 19.1 Å². The molecule has 0 aromatic heterocycles. The maximum Gasteiger partial charge on any atom is 0.0217 e. The lowest BCUT2D eigenvalue weighted by Crippen LogP contribution is -2.43. The van der Waals surface area contributed by atoms with E-state index in [4.69, 9.17) is 0 Å². The van der Waals surface area contributed by atoms with Gasteiger partial charge in [0.15, 0.2) is 0 Å². The molecule has 18 heavy (non-hydrogen) atoms. The molecule has 0 saturated carbocycles. The molecule has 1 saturated heterocycles. The Kier molecular flexibility index (Phi) is 5.21. The van der Waals surface area contributed by atoms with Crippen LogP contribution in [0.25, 0.3) is 0 Å². The quantitative estimate of drug-likeness (QED) is 0.859. The van der Waals surface area contributed by atoms with Crippen LogP contribution in [-0.4, -0.2) is 37.6 Å². The Labute approximate surface area is 111 Å². The zero-order valence-electron chi connectivity index (χ0n) is 11.7. The van der Waals surface area contributed by atoms with E-state index in [1.54, 1.807) is 0 Å². The summed E-state index contributed by atoms with van der Waals surface area (Å²) in [5.74, 6) is 0.597. The van der Waals surface area contributed by atoms with Gasteiger partial charge in [-0.15, -0.1) is 0 Å². The predicted molar refractivity (Wildman–Crippen MR) is 78.0 cm³/mol. The molecule has 2 unspecified atom stereocenters. The highest BCUT2D eigenvalue weighted by molar-refractivity contribution is 5.18. The molecule has 1 N–H and O–H groups in total. The number of nitrogens with zero attached hydrogens (tertiary/aromatic N) is 1. The topological polar surface area (TPSA) is 15.3 Å². The van der Waals surface area contributed by atoms with Crippen molar-refractivity contribution in [1.29, 1.82) is 0 Å². The molecule has 0 aliphatic carbocycles. The molecule has 1 aromatic rings. The van der Waals surface area contributed by atoms with E-state index in [2.05, 4.69) is 54.5 Å². The molecule has 0 radical (unpaired) electrons. The van der Waals surface area contributed by atoms with Crippen LogP contribution in [0.4, 0.5) is 0 Å². The summed E-state index contributed by atoms with van der Waals surface area (Å²) in [6, 6.07) is 11.5. The highest BCUT2D eigenvalue weighted by Gasteiger charge is 2.18.